The summed E-state index contributed by atoms with van der Waals surface area (Å²) in [5, 5.41) is 8.20. The van der Waals surface area contributed by atoms with Crippen molar-refractivity contribution in [2.24, 2.45) is 0 Å². The molecule has 20 heavy (non-hydrogen) atoms. The van der Waals surface area contributed by atoms with Crippen LogP contribution in [-0.4, -0.2) is 17.4 Å². The normalized spacial score (nSPS) is 10.3. The van der Waals surface area contributed by atoms with Crippen LogP contribution < -0.4 is 10.6 Å². The quantitative estimate of drug-likeness (QED) is 0.859. The second-order valence-electron chi connectivity index (χ2n) is 4.36. The number of nitrogens with one attached hydrogen (secondary N) is 2. The molecule has 0 radical (unpaired) electrons. The second-order valence-corrected chi connectivity index (χ2v) is 5.36. The number of carbonyl (C=O) groups is 1. The molecule has 0 bridgehead atoms. The van der Waals surface area contributed by atoms with Crippen molar-refractivity contribution in [1.82, 2.24) is 10.3 Å². The number of aromatic nitrogens is 1. The molecule has 2 heterocycles. The van der Waals surface area contributed by atoms with Gasteiger partial charge in [0.05, 0.1) is 24.0 Å². The zero-order valence-corrected chi connectivity index (χ0v) is 12.6. The van der Waals surface area contributed by atoms with Crippen LogP contribution in [0, 0.1) is 0 Å². The van der Waals surface area contributed by atoms with Gasteiger partial charge in [0.1, 0.15) is 0 Å². The van der Waals surface area contributed by atoms with Gasteiger partial charge < -0.3 is 10.6 Å². The van der Waals surface area contributed by atoms with E-state index in [9.17, 15) is 4.79 Å². The average Bonchev–Trinajstić information content (AvgIpc) is 2.93. The maximum atomic E-state index is 12.3. The van der Waals surface area contributed by atoms with E-state index in [0.29, 0.717) is 12.1 Å². The summed E-state index contributed by atoms with van der Waals surface area (Å²) in [5.41, 5.74) is 2.71. The van der Waals surface area contributed by atoms with Crippen LogP contribution in [0.2, 0.25) is 0 Å². The van der Waals surface area contributed by atoms with Crippen molar-refractivity contribution in [1.29, 1.82) is 0 Å². The highest BCUT2D eigenvalue weighted by Crippen LogP contribution is 2.18. The van der Waals surface area contributed by atoms with E-state index >= 15 is 0 Å². The summed E-state index contributed by atoms with van der Waals surface area (Å²) in [4.78, 5) is 17.5. The van der Waals surface area contributed by atoms with Gasteiger partial charge in [-0.1, -0.05) is 6.92 Å². The highest BCUT2D eigenvalue weighted by Gasteiger charge is 2.11. The molecule has 4 nitrogen and oxygen atoms in total. The Kier molecular flexibility index (Phi) is 5.12. The van der Waals surface area contributed by atoms with Gasteiger partial charge in [-0.2, -0.15) is 0 Å². The molecule has 0 aliphatic rings. The minimum atomic E-state index is -0.0706. The molecule has 2 aromatic rings. The van der Waals surface area contributed by atoms with Crippen LogP contribution in [0.3, 0.4) is 0 Å². The molecule has 0 saturated carbocycles. The van der Waals surface area contributed by atoms with E-state index in [2.05, 4.69) is 34.0 Å². The zero-order valence-electron chi connectivity index (χ0n) is 11.8. The molecule has 106 valence electrons. The topological polar surface area (TPSA) is 54.0 Å². The number of pyridine rings is 1. The van der Waals surface area contributed by atoms with Crippen LogP contribution in [0.5, 0.6) is 0 Å². The third-order valence-electron chi connectivity index (χ3n) is 3.06. The van der Waals surface area contributed by atoms with Crippen LogP contribution in [-0.2, 0) is 13.0 Å². The fraction of sp³-hybridized carbons (Fsp3) is 0.333. The molecule has 1 amide bonds. The molecule has 0 unspecified atom stereocenters. The van der Waals surface area contributed by atoms with Crippen molar-refractivity contribution in [2.75, 3.05) is 11.9 Å². The Morgan fingerprint density at radius 2 is 2.20 bits per heavy atom. The first-order chi connectivity index (χ1) is 9.76. The summed E-state index contributed by atoms with van der Waals surface area (Å²) in [7, 11) is 0. The van der Waals surface area contributed by atoms with Crippen LogP contribution in [0.1, 0.15) is 34.6 Å². The predicted molar refractivity (Wildman–Crippen MR) is 83.3 cm³/mol. The van der Waals surface area contributed by atoms with E-state index in [1.54, 1.807) is 29.8 Å². The Morgan fingerprint density at radius 3 is 2.95 bits per heavy atom. The van der Waals surface area contributed by atoms with Gasteiger partial charge in [0.15, 0.2) is 0 Å². The lowest BCUT2D eigenvalue weighted by atomic mass is 10.2. The largest absolute Gasteiger partial charge is 0.383 e. The third kappa shape index (κ3) is 3.36. The molecule has 0 aliphatic carbocycles. The molecule has 2 N–H and O–H groups in total. The Balaban J connectivity index is 2.05. The Morgan fingerprint density at radius 1 is 1.35 bits per heavy atom. The number of anilines is 1. The van der Waals surface area contributed by atoms with E-state index < -0.39 is 0 Å². The lowest BCUT2D eigenvalue weighted by Gasteiger charge is -2.10. The maximum Gasteiger partial charge on any atom is 0.253 e. The lowest BCUT2D eigenvalue weighted by Crippen LogP contribution is -2.24. The van der Waals surface area contributed by atoms with Gasteiger partial charge in [-0.15, -0.1) is 11.3 Å². The minimum Gasteiger partial charge on any atom is -0.383 e. The Bertz CT molecular complexity index is 580. The van der Waals surface area contributed by atoms with Crippen molar-refractivity contribution in [3.8, 4) is 0 Å². The fourth-order valence-corrected chi connectivity index (χ4v) is 2.93. The van der Waals surface area contributed by atoms with Gasteiger partial charge >= 0.3 is 0 Å². The Hall–Kier alpha value is -1.88. The summed E-state index contributed by atoms with van der Waals surface area (Å²) in [6.07, 6.45) is 4.31. The average molecular weight is 289 g/mol. The standard InChI is InChI=1S/C15H19N3OS/c1-3-11-6-8-20-14(11)10-18-15(19)12-5-7-16-9-13(12)17-4-2/h5-9,17H,3-4,10H2,1-2H3,(H,18,19). The van der Waals surface area contributed by atoms with Gasteiger partial charge in [0.2, 0.25) is 0 Å². The summed E-state index contributed by atoms with van der Waals surface area (Å²) >= 11 is 1.68. The molecule has 0 fully saturated rings. The molecule has 0 aromatic carbocycles. The first kappa shape index (κ1) is 14.5. The van der Waals surface area contributed by atoms with Crippen molar-refractivity contribution in [3.63, 3.8) is 0 Å². The molecular weight excluding hydrogens is 270 g/mol. The van der Waals surface area contributed by atoms with Crippen LogP contribution in [0.4, 0.5) is 5.69 Å². The lowest BCUT2D eigenvalue weighted by molar-refractivity contribution is 0.0952. The highest BCUT2D eigenvalue weighted by atomic mass is 32.1. The number of rotatable bonds is 6. The monoisotopic (exact) mass is 289 g/mol. The van der Waals surface area contributed by atoms with Gasteiger partial charge in [0.25, 0.3) is 5.91 Å². The fourth-order valence-electron chi connectivity index (χ4n) is 2.02. The first-order valence-corrected chi connectivity index (χ1v) is 7.65. The van der Waals surface area contributed by atoms with Crippen molar-refractivity contribution < 1.29 is 4.79 Å². The van der Waals surface area contributed by atoms with Gasteiger partial charge in [-0.3, -0.25) is 9.78 Å². The smallest absolute Gasteiger partial charge is 0.253 e. The molecule has 0 saturated heterocycles. The summed E-state index contributed by atoms with van der Waals surface area (Å²) in [6, 6.07) is 3.85. The number of hydrogen-bond donors (Lipinski definition) is 2. The summed E-state index contributed by atoms with van der Waals surface area (Å²) in [5.74, 6) is -0.0706. The number of amides is 1. The van der Waals surface area contributed by atoms with Crippen molar-refractivity contribution in [2.45, 2.75) is 26.8 Å². The van der Waals surface area contributed by atoms with Crippen molar-refractivity contribution in [3.05, 3.63) is 45.9 Å². The summed E-state index contributed by atoms with van der Waals surface area (Å²) < 4.78 is 0. The molecule has 2 rings (SSSR count). The Labute approximate surface area is 123 Å². The van der Waals surface area contributed by atoms with Gasteiger partial charge in [0, 0.05) is 17.6 Å². The zero-order chi connectivity index (χ0) is 14.4. The highest BCUT2D eigenvalue weighted by molar-refractivity contribution is 7.10. The molecule has 0 aliphatic heterocycles. The summed E-state index contributed by atoms with van der Waals surface area (Å²) in [6.45, 7) is 5.46. The van der Waals surface area contributed by atoms with Gasteiger partial charge in [-0.05, 0) is 36.4 Å². The van der Waals surface area contributed by atoms with E-state index in [1.165, 1.54) is 10.4 Å². The third-order valence-corrected chi connectivity index (χ3v) is 4.02. The first-order valence-electron chi connectivity index (χ1n) is 6.77. The van der Waals surface area contributed by atoms with Crippen LogP contribution >= 0.6 is 11.3 Å². The second kappa shape index (κ2) is 7.05. The number of thiophene rings is 1. The van der Waals surface area contributed by atoms with Gasteiger partial charge in [-0.25, -0.2) is 0 Å². The van der Waals surface area contributed by atoms with Crippen LogP contribution in [0.15, 0.2) is 29.9 Å². The van der Waals surface area contributed by atoms with Crippen molar-refractivity contribution >= 4 is 22.9 Å². The molecule has 5 heteroatoms. The maximum absolute atomic E-state index is 12.3. The minimum absolute atomic E-state index is 0.0706. The van der Waals surface area contributed by atoms with E-state index in [-0.39, 0.29) is 5.91 Å². The SMILES string of the molecule is CCNc1cnccc1C(=O)NCc1sccc1CC. The molecule has 2 aromatic heterocycles. The molecular formula is C15H19N3OS. The number of hydrogen-bond acceptors (Lipinski definition) is 4. The van der Waals surface area contributed by atoms with E-state index in [1.807, 2.05) is 6.92 Å². The van der Waals surface area contributed by atoms with E-state index in [0.717, 1.165) is 18.7 Å². The molecule has 0 spiro atoms. The number of carbonyl (C=O) groups excluding carboxylic acids is 1. The van der Waals surface area contributed by atoms with Crippen LogP contribution in [0.25, 0.3) is 0 Å². The molecule has 0 atom stereocenters. The number of nitrogens with zero attached hydrogens (tertiary/aromatic N) is 1. The van der Waals surface area contributed by atoms with E-state index in [4.69, 9.17) is 0 Å². The predicted octanol–water partition coefficient (Wildman–Crippen LogP) is 3.07. The number of aryl methyl sites for hydroxylation is 1.